The van der Waals surface area contributed by atoms with Crippen molar-refractivity contribution in [2.75, 3.05) is 13.2 Å². The standard InChI is InChI=1S/C12H15Cl2NO4S/c1-2-19-12(16)4-3-5-15-20(17,18)11-7-9(13)6-10(14)8-11/h6-8,15H,2-5H2,1H3. The van der Waals surface area contributed by atoms with Crippen molar-refractivity contribution < 1.29 is 17.9 Å². The van der Waals surface area contributed by atoms with Crippen molar-refractivity contribution in [1.29, 1.82) is 0 Å². The molecule has 1 aromatic rings. The van der Waals surface area contributed by atoms with E-state index in [0.29, 0.717) is 13.0 Å². The molecule has 8 heteroatoms. The number of hydrogen-bond acceptors (Lipinski definition) is 4. The molecule has 0 radical (unpaired) electrons. The van der Waals surface area contributed by atoms with Gasteiger partial charge in [-0.3, -0.25) is 4.79 Å². The van der Waals surface area contributed by atoms with Crippen molar-refractivity contribution in [1.82, 2.24) is 4.72 Å². The lowest BCUT2D eigenvalue weighted by molar-refractivity contribution is -0.143. The topological polar surface area (TPSA) is 72.5 Å². The maximum atomic E-state index is 12.0. The van der Waals surface area contributed by atoms with Crippen LogP contribution >= 0.6 is 23.2 Å². The predicted octanol–water partition coefficient (Wildman–Crippen LogP) is 2.62. The summed E-state index contributed by atoms with van der Waals surface area (Å²) >= 11 is 11.5. The number of benzene rings is 1. The van der Waals surface area contributed by atoms with Crippen LogP contribution in [0.25, 0.3) is 0 Å². The number of hydrogen-bond donors (Lipinski definition) is 1. The van der Waals surface area contributed by atoms with E-state index < -0.39 is 10.0 Å². The van der Waals surface area contributed by atoms with Gasteiger partial charge in [0.05, 0.1) is 11.5 Å². The highest BCUT2D eigenvalue weighted by Crippen LogP contribution is 2.22. The van der Waals surface area contributed by atoms with Crippen LogP contribution in [0, 0.1) is 0 Å². The summed E-state index contributed by atoms with van der Waals surface area (Å²) in [7, 11) is -3.69. The Hall–Kier alpha value is -0.820. The molecule has 5 nitrogen and oxygen atoms in total. The van der Waals surface area contributed by atoms with Crippen LogP contribution in [0.4, 0.5) is 0 Å². The van der Waals surface area contributed by atoms with Crippen LogP contribution in [0.2, 0.25) is 10.0 Å². The van der Waals surface area contributed by atoms with Gasteiger partial charge in [-0.25, -0.2) is 13.1 Å². The summed E-state index contributed by atoms with van der Waals surface area (Å²) in [6.45, 7) is 2.15. The largest absolute Gasteiger partial charge is 0.466 e. The van der Waals surface area contributed by atoms with Gasteiger partial charge in [-0.1, -0.05) is 23.2 Å². The molecule has 112 valence electrons. The average molecular weight is 340 g/mol. The fourth-order valence-electron chi connectivity index (χ4n) is 1.44. The average Bonchev–Trinajstić information content (AvgIpc) is 2.34. The van der Waals surface area contributed by atoms with E-state index in [9.17, 15) is 13.2 Å². The number of ether oxygens (including phenoxy) is 1. The first-order valence-corrected chi connectivity index (χ1v) is 8.20. The monoisotopic (exact) mass is 339 g/mol. The summed E-state index contributed by atoms with van der Waals surface area (Å²) in [5.74, 6) is -0.350. The zero-order valence-electron chi connectivity index (χ0n) is 10.9. The molecule has 0 spiro atoms. The zero-order valence-corrected chi connectivity index (χ0v) is 13.2. The summed E-state index contributed by atoms with van der Waals surface area (Å²) in [5.41, 5.74) is 0. The first-order chi connectivity index (χ1) is 9.35. The molecule has 1 aromatic carbocycles. The van der Waals surface area contributed by atoms with Crippen molar-refractivity contribution >= 4 is 39.2 Å². The predicted molar refractivity (Wildman–Crippen MR) is 77.5 cm³/mol. The van der Waals surface area contributed by atoms with Gasteiger partial charge in [0, 0.05) is 23.0 Å². The zero-order chi connectivity index (χ0) is 15.2. The van der Waals surface area contributed by atoms with Crippen LogP contribution in [0.15, 0.2) is 23.1 Å². The Balaban J connectivity index is 2.56. The van der Waals surface area contributed by atoms with Crippen LogP contribution in [-0.2, 0) is 19.6 Å². The van der Waals surface area contributed by atoms with Crippen LogP contribution in [0.5, 0.6) is 0 Å². The molecule has 0 heterocycles. The Bertz CT molecular complexity index is 555. The van der Waals surface area contributed by atoms with Gasteiger partial charge >= 0.3 is 5.97 Å². The lowest BCUT2D eigenvalue weighted by Crippen LogP contribution is -2.25. The van der Waals surface area contributed by atoms with E-state index in [1.807, 2.05) is 0 Å². The third-order valence-corrected chi connectivity index (χ3v) is 4.18. The van der Waals surface area contributed by atoms with E-state index in [1.54, 1.807) is 6.92 Å². The number of halogens is 2. The second kappa shape index (κ2) is 7.83. The van der Waals surface area contributed by atoms with E-state index in [1.165, 1.54) is 18.2 Å². The molecule has 0 aliphatic heterocycles. The molecule has 1 N–H and O–H groups in total. The molecule has 0 saturated heterocycles. The van der Waals surface area contributed by atoms with E-state index in [-0.39, 0.29) is 33.9 Å². The Kier molecular flexibility index (Phi) is 6.75. The molecule has 0 aromatic heterocycles. The molecular formula is C12H15Cl2NO4S. The molecule has 0 aliphatic carbocycles. The number of sulfonamides is 1. The number of esters is 1. The van der Waals surface area contributed by atoms with Crippen molar-refractivity contribution in [2.45, 2.75) is 24.7 Å². The van der Waals surface area contributed by atoms with Crippen LogP contribution < -0.4 is 4.72 Å². The van der Waals surface area contributed by atoms with E-state index in [2.05, 4.69) is 4.72 Å². The highest BCUT2D eigenvalue weighted by molar-refractivity contribution is 7.89. The van der Waals surface area contributed by atoms with Gasteiger partial charge in [-0.15, -0.1) is 0 Å². The second-order valence-corrected chi connectivity index (χ2v) is 6.55. The van der Waals surface area contributed by atoms with Gasteiger partial charge in [-0.05, 0) is 31.5 Å². The van der Waals surface area contributed by atoms with Gasteiger partial charge in [0.15, 0.2) is 0 Å². The summed E-state index contributed by atoms with van der Waals surface area (Å²) in [6, 6.07) is 4.06. The second-order valence-electron chi connectivity index (χ2n) is 3.91. The van der Waals surface area contributed by atoms with Crippen molar-refractivity contribution in [3.63, 3.8) is 0 Å². The van der Waals surface area contributed by atoms with Crippen LogP contribution in [0.3, 0.4) is 0 Å². The molecule has 1 rings (SSSR count). The number of carbonyl (C=O) groups is 1. The van der Waals surface area contributed by atoms with Crippen molar-refractivity contribution in [2.24, 2.45) is 0 Å². The normalized spacial score (nSPS) is 11.3. The molecule has 0 unspecified atom stereocenters. The minimum atomic E-state index is -3.69. The number of rotatable bonds is 7. The van der Waals surface area contributed by atoms with Gasteiger partial charge in [0.2, 0.25) is 10.0 Å². The molecule has 0 fully saturated rings. The maximum absolute atomic E-state index is 12.0. The Labute approximate surface area is 128 Å². The molecule has 0 aliphatic rings. The van der Waals surface area contributed by atoms with Crippen molar-refractivity contribution in [3.05, 3.63) is 28.2 Å². The SMILES string of the molecule is CCOC(=O)CCCNS(=O)(=O)c1cc(Cl)cc(Cl)c1. The van der Waals surface area contributed by atoms with Gasteiger partial charge in [0.1, 0.15) is 0 Å². The minimum Gasteiger partial charge on any atom is -0.466 e. The summed E-state index contributed by atoms with van der Waals surface area (Å²) in [4.78, 5) is 11.1. The van der Waals surface area contributed by atoms with Crippen LogP contribution in [-0.4, -0.2) is 27.5 Å². The van der Waals surface area contributed by atoms with E-state index in [0.717, 1.165) is 0 Å². The molecule has 20 heavy (non-hydrogen) atoms. The van der Waals surface area contributed by atoms with E-state index >= 15 is 0 Å². The quantitative estimate of drug-likeness (QED) is 0.612. The first-order valence-electron chi connectivity index (χ1n) is 5.96. The van der Waals surface area contributed by atoms with Crippen molar-refractivity contribution in [3.8, 4) is 0 Å². The summed E-state index contributed by atoms with van der Waals surface area (Å²) in [6.07, 6.45) is 0.513. The Morgan fingerprint density at radius 2 is 1.85 bits per heavy atom. The minimum absolute atomic E-state index is 0.00821. The molecule has 0 amide bonds. The molecule has 0 atom stereocenters. The van der Waals surface area contributed by atoms with Crippen LogP contribution in [0.1, 0.15) is 19.8 Å². The van der Waals surface area contributed by atoms with Gasteiger partial charge < -0.3 is 4.74 Å². The molecule has 0 bridgehead atoms. The molecular weight excluding hydrogens is 325 g/mol. The summed E-state index contributed by atoms with van der Waals surface area (Å²) in [5, 5.41) is 0.480. The highest BCUT2D eigenvalue weighted by atomic mass is 35.5. The first kappa shape index (κ1) is 17.2. The number of carbonyl (C=O) groups excluding carboxylic acids is 1. The Morgan fingerprint density at radius 1 is 1.25 bits per heavy atom. The van der Waals surface area contributed by atoms with Gasteiger partial charge in [-0.2, -0.15) is 0 Å². The highest BCUT2D eigenvalue weighted by Gasteiger charge is 2.15. The maximum Gasteiger partial charge on any atom is 0.305 e. The lowest BCUT2D eigenvalue weighted by Gasteiger charge is -2.07. The number of nitrogens with one attached hydrogen (secondary N) is 1. The third kappa shape index (κ3) is 5.66. The van der Waals surface area contributed by atoms with Gasteiger partial charge in [0.25, 0.3) is 0 Å². The Morgan fingerprint density at radius 3 is 2.40 bits per heavy atom. The fourth-order valence-corrected chi connectivity index (χ4v) is 3.24. The third-order valence-electron chi connectivity index (χ3n) is 2.30. The molecule has 0 saturated carbocycles. The lowest BCUT2D eigenvalue weighted by atomic mass is 10.3. The smallest absolute Gasteiger partial charge is 0.305 e. The summed E-state index contributed by atoms with van der Waals surface area (Å²) < 4.78 is 31.0. The fraction of sp³-hybridized carbons (Fsp3) is 0.417. The van der Waals surface area contributed by atoms with E-state index in [4.69, 9.17) is 27.9 Å².